The number of amides is 1. The average molecular weight is 348 g/mol. The van der Waals surface area contributed by atoms with E-state index in [0.29, 0.717) is 23.9 Å². The molecule has 1 aromatic heterocycles. The SMILES string of the molecule is O=C(CC[C@@H]1CCOC1)NC[C@@H](c1ccc(Cl)cc1)n1ccnc1. The molecule has 0 unspecified atom stereocenters. The Morgan fingerprint density at radius 1 is 1.42 bits per heavy atom. The van der Waals surface area contributed by atoms with Crippen LogP contribution in [-0.2, 0) is 9.53 Å². The molecule has 0 saturated carbocycles. The van der Waals surface area contributed by atoms with Gasteiger partial charge in [0.15, 0.2) is 0 Å². The number of hydrogen-bond donors (Lipinski definition) is 1. The molecule has 1 fully saturated rings. The zero-order valence-corrected chi connectivity index (χ0v) is 14.3. The van der Waals surface area contributed by atoms with Gasteiger partial charge in [-0.25, -0.2) is 4.98 Å². The van der Waals surface area contributed by atoms with Crippen molar-refractivity contribution in [2.24, 2.45) is 5.92 Å². The summed E-state index contributed by atoms with van der Waals surface area (Å²) in [4.78, 5) is 16.3. The van der Waals surface area contributed by atoms with E-state index >= 15 is 0 Å². The molecule has 1 aliphatic heterocycles. The third kappa shape index (κ3) is 4.58. The van der Waals surface area contributed by atoms with Gasteiger partial charge in [0.25, 0.3) is 0 Å². The molecule has 1 saturated heterocycles. The van der Waals surface area contributed by atoms with E-state index in [0.717, 1.165) is 31.6 Å². The van der Waals surface area contributed by atoms with E-state index in [2.05, 4.69) is 10.3 Å². The summed E-state index contributed by atoms with van der Waals surface area (Å²) in [6.45, 7) is 2.14. The first-order valence-corrected chi connectivity index (χ1v) is 8.67. The van der Waals surface area contributed by atoms with Gasteiger partial charge in [0.05, 0.1) is 12.4 Å². The minimum Gasteiger partial charge on any atom is -0.381 e. The highest BCUT2D eigenvalue weighted by molar-refractivity contribution is 6.30. The molecule has 24 heavy (non-hydrogen) atoms. The molecule has 1 N–H and O–H groups in total. The predicted octanol–water partition coefficient (Wildman–Crippen LogP) is 3.06. The van der Waals surface area contributed by atoms with E-state index in [-0.39, 0.29) is 11.9 Å². The second-order valence-electron chi connectivity index (χ2n) is 6.15. The summed E-state index contributed by atoms with van der Waals surface area (Å²) in [7, 11) is 0. The van der Waals surface area contributed by atoms with Crippen LogP contribution < -0.4 is 5.32 Å². The molecule has 6 heteroatoms. The standard InChI is InChI=1S/C18H22ClN3O2/c19-16-4-2-15(3-5-16)17(22-9-8-20-13-22)11-21-18(23)6-1-14-7-10-24-12-14/h2-5,8-9,13-14,17H,1,6-7,10-12H2,(H,21,23)/t14-,17+/m1/s1. The molecule has 2 heterocycles. The third-order valence-corrected chi connectivity index (χ3v) is 4.69. The van der Waals surface area contributed by atoms with Gasteiger partial charge in [-0.1, -0.05) is 23.7 Å². The summed E-state index contributed by atoms with van der Waals surface area (Å²) in [5, 5.41) is 3.75. The van der Waals surface area contributed by atoms with E-state index in [9.17, 15) is 4.79 Å². The van der Waals surface area contributed by atoms with Crippen LogP contribution in [0, 0.1) is 5.92 Å². The van der Waals surface area contributed by atoms with Crippen molar-refractivity contribution >= 4 is 17.5 Å². The molecule has 5 nitrogen and oxygen atoms in total. The van der Waals surface area contributed by atoms with E-state index < -0.39 is 0 Å². The molecule has 0 radical (unpaired) electrons. The lowest BCUT2D eigenvalue weighted by molar-refractivity contribution is -0.121. The molecule has 2 aromatic rings. The normalized spacial score (nSPS) is 18.5. The number of imidazole rings is 1. The fourth-order valence-electron chi connectivity index (χ4n) is 2.98. The minimum absolute atomic E-state index is 0.00327. The Morgan fingerprint density at radius 2 is 2.25 bits per heavy atom. The average Bonchev–Trinajstić information content (AvgIpc) is 3.28. The van der Waals surface area contributed by atoms with Gasteiger partial charge in [-0.3, -0.25) is 4.79 Å². The topological polar surface area (TPSA) is 56.1 Å². The van der Waals surface area contributed by atoms with Crippen LogP contribution in [0.4, 0.5) is 0 Å². The van der Waals surface area contributed by atoms with Crippen LogP contribution in [0.3, 0.4) is 0 Å². The van der Waals surface area contributed by atoms with Crippen LogP contribution >= 0.6 is 11.6 Å². The zero-order chi connectivity index (χ0) is 16.8. The van der Waals surface area contributed by atoms with Crippen molar-refractivity contribution in [2.75, 3.05) is 19.8 Å². The van der Waals surface area contributed by atoms with Crippen LogP contribution in [0.2, 0.25) is 5.02 Å². The highest BCUT2D eigenvalue weighted by Gasteiger charge is 2.18. The second kappa shape index (κ2) is 8.31. The van der Waals surface area contributed by atoms with Gasteiger partial charge in [0.2, 0.25) is 5.91 Å². The Hall–Kier alpha value is -1.85. The lowest BCUT2D eigenvalue weighted by atomic mass is 10.0. The first-order valence-electron chi connectivity index (χ1n) is 8.29. The second-order valence-corrected chi connectivity index (χ2v) is 6.59. The summed E-state index contributed by atoms with van der Waals surface area (Å²) in [5.74, 6) is 0.609. The van der Waals surface area contributed by atoms with Gasteiger partial charge in [-0.15, -0.1) is 0 Å². The molecule has 2 atom stereocenters. The van der Waals surface area contributed by atoms with Crippen LogP contribution in [0.25, 0.3) is 0 Å². The largest absolute Gasteiger partial charge is 0.381 e. The summed E-state index contributed by atoms with van der Waals surface area (Å²) in [6.07, 6.45) is 7.91. The number of benzene rings is 1. The van der Waals surface area contributed by atoms with Crippen molar-refractivity contribution in [3.63, 3.8) is 0 Å². The van der Waals surface area contributed by atoms with Gasteiger partial charge in [0, 0.05) is 43.6 Å². The maximum absolute atomic E-state index is 12.2. The molecule has 3 rings (SSSR count). The van der Waals surface area contributed by atoms with Crippen LogP contribution in [0.1, 0.15) is 30.9 Å². The fraction of sp³-hybridized carbons (Fsp3) is 0.444. The first kappa shape index (κ1) is 17.0. The number of aromatic nitrogens is 2. The summed E-state index contributed by atoms with van der Waals surface area (Å²) in [5.41, 5.74) is 1.09. The monoisotopic (exact) mass is 347 g/mol. The van der Waals surface area contributed by atoms with Gasteiger partial charge in [0.1, 0.15) is 0 Å². The Kier molecular flexibility index (Phi) is 5.88. The molecular weight excluding hydrogens is 326 g/mol. The molecular formula is C18H22ClN3O2. The lowest BCUT2D eigenvalue weighted by Gasteiger charge is -2.20. The molecule has 1 aromatic carbocycles. The van der Waals surface area contributed by atoms with Gasteiger partial charge in [-0.05, 0) is 36.5 Å². The van der Waals surface area contributed by atoms with E-state index in [1.54, 1.807) is 12.5 Å². The molecule has 0 bridgehead atoms. The number of carbonyl (C=O) groups is 1. The van der Waals surface area contributed by atoms with Crippen LogP contribution in [0.5, 0.6) is 0 Å². The highest BCUT2D eigenvalue weighted by atomic mass is 35.5. The highest BCUT2D eigenvalue weighted by Crippen LogP contribution is 2.21. The summed E-state index contributed by atoms with van der Waals surface area (Å²) < 4.78 is 7.35. The minimum atomic E-state index is 0.00327. The van der Waals surface area contributed by atoms with Crippen molar-refractivity contribution in [2.45, 2.75) is 25.3 Å². The molecule has 0 aliphatic carbocycles. The number of nitrogens with zero attached hydrogens (tertiary/aromatic N) is 2. The maximum atomic E-state index is 12.2. The summed E-state index contributed by atoms with van der Waals surface area (Å²) >= 11 is 5.97. The Labute approximate surface area is 147 Å². The number of halogens is 1. The quantitative estimate of drug-likeness (QED) is 0.837. The summed E-state index contributed by atoms with van der Waals surface area (Å²) in [6, 6.07) is 7.69. The number of nitrogens with one attached hydrogen (secondary N) is 1. The Bertz CT molecular complexity index is 637. The number of hydrogen-bond acceptors (Lipinski definition) is 3. The first-order chi connectivity index (χ1) is 11.7. The third-order valence-electron chi connectivity index (χ3n) is 4.44. The molecule has 0 spiro atoms. The number of rotatable bonds is 7. The van der Waals surface area contributed by atoms with Crippen molar-refractivity contribution in [1.82, 2.24) is 14.9 Å². The molecule has 128 valence electrons. The predicted molar refractivity (Wildman–Crippen MR) is 93.0 cm³/mol. The smallest absolute Gasteiger partial charge is 0.220 e. The lowest BCUT2D eigenvalue weighted by Crippen LogP contribution is -2.31. The van der Waals surface area contributed by atoms with E-state index in [1.165, 1.54) is 0 Å². The van der Waals surface area contributed by atoms with Crippen molar-refractivity contribution in [3.8, 4) is 0 Å². The van der Waals surface area contributed by atoms with E-state index in [1.807, 2.05) is 35.0 Å². The Morgan fingerprint density at radius 3 is 2.92 bits per heavy atom. The van der Waals surface area contributed by atoms with Crippen LogP contribution in [0.15, 0.2) is 43.0 Å². The van der Waals surface area contributed by atoms with Crippen LogP contribution in [-0.4, -0.2) is 35.2 Å². The zero-order valence-electron chi connectivity index (χ0n) is 13.5. The van der Waals surface area contributed by atoms with Crippen molar-refractivity contribution < 1.29 is 9.53 Å². The Balaban J connectivity index is 1.57. The van der Waals surface area contributed by atoms with Crippen molar-refractivity contribution in [1.29, 1.82) is 0 Å². The maximum Gasteiger partial charge on any atom is 0.220 e. The molecule has 1 amide bonds. The van der Waals surface area contributed by atoms with E-state index in [4.69, 9.17) is 16.3 Å². The molecule has 1 aliphatic rings. The van der Waals surface area contributed by atoms with Gasteiger partial charge >= 0.3 is 0 Å². The number of ether oxygens (including phenoxy) is 1. The number of carbonyl (C=O) groups excluding carboxylic acids is 1. The van der Waals surface area contributed by atoms with Crippen molar-refractivity contribution in [3.05, 3.63) is 53.6 Å². The van der Waals surface area contributed by atoms with Gasteiger partial charge in [-0.2, -0.15) is 0 Å². The fourth-order valence-corrected chi connectivity index (χ4v) is 3.11. The van der Waals surface area contributed by atoms with Gasteiger partial charge < -0.3 is 14.6 Å².